The molecule has 0 aliphatic heterocycles. The van der Waals surface area contributed by atoms with Crippen LogP contribution >= 0.6 is 8.46 Å². The van der Waals surface area contributed by atoms with Crippen molar-refractivity contribution in [3.05, 3.63) is 71.8 Å². The van der Waals surface area contributed by atoms with Gasteiger partial charge in [-0.1, -0.05) is 74.5 Å². The molecule has 0 fully saturated rings. The van der Waals surface area contributed by atoms with E-state index in [4.69, 9.17) is 9.47 Å². The van der Waals surface area contributed by atoms with E-state index < -0.39 is 32.0 Å². The molecular weight excluding hydrogens is 401 g/mol. The summed E-state index contributed by atoms with van der Waals surface area (Å²) < 4.78 is 24.4. The molecule has 0 heterocycles. The first-order chi connectivity index (χ1) is 14.4. The summed E-state index contributed by atoms with van der Waals surface area (Å²) >= 11 is 0. The first kappa shape index (κ1) is 24.2. The van der Waals surface area contributed by atoms with Crippen LogP contribution in [0.4, 0.5) is 0 Å². The molecule has 0 saturated carbocycles. The lowest BCUT2D eigenvalue weighted by atomic mass is 10.0. The van der Waals surface area contributed by atoms with Gasteiger partial charge in [0.1, 0.15) is 12.1 Å². The molecule has 2 rings (SSSR count). The Morgan fingerprint density at radius 2 is 1.53 bits per heavy atom. The largest absolute Gasteiger partial charge is 0.480 e. The Hall–Kier alpha value is -2.11. The second-order valence-electron chi connectivity index (χ2n) is 7.67. The Kier molecular flexibility index (Phi) is 9.60. The van der Waals surface area contributed by atoms with E-state index in [-0.39, 0.29) is 19.1 Å². The number of carboxylic acids is 1. The molecule has 3 atom stereocenters. The highest BCUT2D eigenvalue weighted by molar-refractivity contribution is 7.25. The van der Waals surface area contributed by atoms with E-state index in [0.717, 1.165) is 11.1 Å². The molecule has 2 N–H and O–H groups in total. The van der Waals surface area contributed by atoms with Gasteiger partial charge in [0.05, 0.1) is 13.2 Å². The Labute approximate surface area is 179 Å². The van der Waals surface area contributed by atoms with Gasteiger partial charge in [0.2, 0.25) is 13.9 Å². The molecule has 0 amide bonds. The molecule has 30 heavy (non-hydrogen) atoms. The summed E-state index contributed by atoms with van der Waals surface area (Å²) in [6.45, 7) is 6.07. The standard InChI is InChI=1S/C23H30NO5P/c1-17(2)14-21(22(25)26)24-23(30-27,29-16-20-12-8-5-9-13-20)18(3)28-15-19-10-6-4-7-11-19/h4-13,17-18,21,24H,14-16H2,1-3H3,(H,25,26)/t18?,21?,23-/m0/s1. The molecule has 0 spiro atoms. The van der Waals surface area contributed by atoms with Crippen molar-refractivity contribution in [3.63, 3.8) is 0 Å². The smallest absolute Gasteiger partial charge is 0.320 e. The van der Waals surface area contributed by atoms with Crippen molar-refractivity contribution in [2.45, 2.75) is 58.0 Å². The average Bonchev–Trinajstić information content (AvgIpc) is 2.75. The second kappa shape index (κ2) is 11.9. The predicted molar refractivity (Wildman–Crippen MR) is 116 cm³/mol. The van der Waals surface area contributed by atoms with Crippen LogP contribution in [0.1, 0.15) is 38.3 Å². The molecule has 2 aromatic rings. The Morgan fingerprint density at radius 3 is 2.00 bits per heavy atom. The summed E-state index contributed by atoms with van der Waals surface area (Å²) in [5.41, 5.74) is 0.335. The van der Waals surface area contributed by atoms with Crippen molar-refractivity contribution in [1.82, 2.24) is 5.32 Å². The van der Waals surface area contributed by atoms with E-state index in [1.54, 1.807) is 6.92 Å². The van der Waals surface area contributed by atoms with Crippen LogP contribution in [0.2, 0.25) is 0 Å². The van der Waals surface area contributed by atoms with Crippen LogP contribution in [0, 0.1) is 5.92 Å². The molecule has 7 heteroatoms. The third kappa shape index (κ3) is 7.29. The maximum Gasteiger partial charge on any atom is 0.320 e. The number of nitrogens with one attached hydrogen (secondary N) is 1. The molecule has 2 aromatic carbocycles. The Balaban J connectivity index is 2.22. The lowest BCUT2D eigenvalue weighted by Crippen LogP contribution is -2.58. The summed E-state index contributed by atoms with van der Waals surface area (Å²) in [5.74, 6) is -0.885. The Morgan fingerprint density at radius 1 is 1.00 bits per heavy atom. The highest BCUT2D eigenvalue weighted by atomic mass is 31.1. The van der Waals surface area contributed by atoms with Crippen LogP contribution in [0.5, 0.6) is 0 Å². The fraction of sp³-hybridized carbons (Fsp3) is 0.435. The highest BCUT2D eigenvalue weighted by Crippen LogP contribution is 2.31. The van der Waals surface area contributed by atoms with E-state index >= 15 is 0 Å². The highest BCUT2D eigenvalue weighted by Gasteiger charge is 2.43. The number of aliphatic carboxylic acids is 1. The van der Waals surface area contributed by atoms with Crippen molar-refractivity contribution >= 4 is 14.4 Å². The molecule has 0 radical (unpaired) electrons. The number of rotatable bonds is 13. The topological polar surface area (TPSA) is 84.9 Å². The van der Waals surface area contributed by atoms with Gasteiger partial charge in [0.25, 0.3) is 0 Å². The summed E-state index contributed by atoms with van der Waals surface area (Å²) in [6.07, 6.45) is -0.318. The molecule has 0 aliphatic carbocycles. The van der Waals surface area contributed by atoms with Gasteiger partial charge in [0.15, 0.2) is 0 Å². The molecule has 6 nitrogen and oxygen atoms in total. The van der Waals surface area contributed by atoms with Crippen LogP contribution in [0.25, 0.3) is 0 Å². The lowest BCUT2D eigenvalue weighted by molar-refractivity contribution is -0.149. The van der Waals surface area contributed by atoms with Crippen molar-refractivity contribution in [2.75, 3.05) is 0 Å². The third-order valence-electron chi connectivity index (χ3n) is 4.72. The summed E-state index contributed by atoms with van der Waals surface area (Å²) in [5, 5.41) is 12.7. The van der Waals surface area contributed by atoms with Crippen molar-refractivity contribution in [1.29, 1.82) is 0 Å². The van der Waals surface area contributed by atoms with Crippen molar-refractivity contribution in [2.24, 2.45) is 5.92 Å². The van der Waals surface area contributed by atoms with Crippen molar-refractivity contribution in [3.8, 4) is 0 Å². The maximum atomic E-state index is 12.4. The van der Waals surface area contributed by atoms with Crippen molar-refractivity contribution < 1.29 is 23.9 Å². The van der Waals surface area contributed by atoms with Gasteiger partial charge in [-0.15, -0.1) is 0 Å². The van der Waals surface area contributed by atoms with Gasteiger partial charge < -0.3 is 14.6 Å². The number of carbonyl (C=O) groups is 1. The van der Waals surface area contributed by atoms with Gasteiger partial charge in [-0.25, -0.2) is 0 Å². The van der Waals surface area contributed by atoms with E-state index in [2.05, 4.69) is 5.32 Å². The summed E-state index contributed by atoms with van der Waals surface area (Å²) in [4.78, 5) is 11.8. The zero-order valence-electron chi connectivity index (χ0n) is 17.7. The SMILES string of the molecule is CC(C)CC(N[C@@](OCc1ccccc1)(P=O)C(C)OCc1ccccc1)C(=O)O. The van der Waals surface area contributed by atoms with Gasteiger partial charge in [0, 0.05) is 0 Å². The molecule has 0 aliphatic rings. The number of carboxylic acid groups (broad SMARTS) is 1. The molecular formula is C23H30NO5P. The molecule has 0 saturated heterocycles. The number of hydrogen-bond acceptors (Lipinski definition) is 5. The maximum absolute atomic E-state index is 12.4. The van der Waals surface area contributed by atoms with Crippen LogP contribution in [-0.2, 0) is 32.0 Å². The van der Waals surface area contributed by atoms with Gasteiger partial charge in [-0.3, -0.25) is 14.7 Å². The molecule has 162 valence electrons. The van der Waals surface area contributed by atoms with Gasteiger partial charge >= 0.3 is 5.97 Å². The predicted octanol–water partition coefficient (Wildman–Crippen LogP) is 4.84. The lowest BCUT2D eigenvalue weighted by Gasteiger charge is -2.36. The quantitative estimate of drug-likeness (QED) is 0.349. The van der Waals surface area contributed by atoms with Crippen LogP contribution < -0.4 is 5.32 Å². The molecule has 2 unspecified atom stereocenters. The zero-order valence-corrected chi connectivity index (χ0v) is 18.5. The summed E-state index contributed by atoms with van der Waals surface area (Å²) in [7, 11) is -0.395. The fourth-order valence-electron chi connectivity index (χ4n) is 3.02. The minimum atomic E-state index is -1.51. The fourth-order valence-corrected chi connectivity index (χ4v) is 3.57. The minimum Gasteiger partial charge on any atom is -0.480 e. The molecule has 0 aromatic heterocycles. The number of ether oxygens (including phenoxy) is 2. The monoisotopic (exact) mass is 431 g/mol. The third-order valence-corrected chi connectivity index (χ3v) is 5.61. The van der Waals surface area contributed by atoms with E-state index in [1.807, 2.05) is 74.5 Å². The van der Waals surface area contributed by atoms with Gasteiger partial charge in [-0.2, -0.15) is 0 Å². The first-order valence-electron chi connectivity index (χ1n) is 10.0. The van der Waals surface area contributed by atoms with Crippen LogP contribution in [0.15, 0.2) is 60.7 Å². The normalized spacial score (nSPS) is 15.6. The van der Waals surface area contributed by atoms with Gasteiger partial charge in [-0.05, 0) is 30.4 Å². The van der Waals surface area contributed by atoms with E-state index in [1.165, 1.54) is 0 Å². The van der Waals surface area contributed by atoms with E-state index in [9.17, 15) is 14.5 Å². The summed E-state index contributed by atoms with van der Waals surface area (Å²) in [6, 6.07) is 18.1. The Bertz CT molecular complexity index is 787. The minimum absolute atomic E-state index is 0.134. The number of benzene rings is 2. The zero-order chi connectivity index (χ0) is 22.0. The molecule has 0 bridgehead atoms. The number of hydrogen-bond donors (Lipinski definition) is 2. The van der Waals surface area contributed by atoms with Crippen LogP contribution in [-0.4, -0.2) is 28.7 Å². The first-order valence-corrected chi connectivity index (χ1v) is 10.9. The average molecular weight is 431 g/mol. The second-order valence-corrected chi connectivity index (χ2v) is 8.51. The van der Waals surface area contributed by atoms with E-state index in [0.29, 0.717) is 6.42 Å². The van der Waals surface area contributed by atoms with Crippen LogP contribution in [0.3, 0.4) is 0 Å².